The Morgan fingerprint density at radius 3 is 2.90 bits per heavy atom. The van der Waals surface area contributed by atoms with Gasteiger partial charge in [-0.1, -0.05) is 26.0 Å². The Morgan fingerprint density at radius 2 is 2.13 bits per heavy atom. The zero-order valence-corrected chi connectivity index (χ0v) is 18.5. The highest BCUT2D eigenvalue weighted by Crippen LogP contribution is 2.55. The van der Waals surface area contributed by atoms with E-state index in [-0.39, 0.29) is 13.2 Å². The van der Waals surface area contributed by atoms with Crippen molar-refractivity contribution in [1.29, 1.82) is 0 Å². The first-order valence-electron chi connectivity index (χ1n) is 10.2. The molecule has 3 heterocycles. The van der Waals surface area contributed by atoms with Crippen LogP contribution >= 0.6 is 7.82 Å². The van der Waals surface area contributed by atoms with E-state index in [1.54, 1.807) is 25.1 Å². The number of H-pyrrole nitrogens is 1. The minimum atomic E-state index is -3.79. The monoisotopic (exact) mass is 448 g/mol. The predicted molar refractivity (Wildman–Crippen MR) is 113 cm³/mol. The first kappa shape index (κ1) is 21.8. The van der Waals surface area contributed by atoms with Crippen LogP contribution in [0.25, 0.3) is 0 Å². The molecule has 0 aliphatic carbocycles. The summed E-state index contributed by atoms with van der Waals surface area (Å²) < 4.78 is 36.3. The number of aryl methyl sites for hydroxylation is 1. The smallest absolute Gasteiger partial charge is 0.404 e. The fraction of sp³-hybridized carbons (Fsp3) is 0.429. The summed E-state index contributed by atoms with van der Waals surface area (Å²) in [5, 5.41) is 0. The third kappa shape index (κ3) is 4.60. The predicted octanol–water partition coefficient (Wildman–Crippen LogP) is 3.55. The lowest BCUT2D eigenvalue weighted by Crippen LogP contribution is -2.33. The maximum atomic E-state index is 12.9. The number of aromatic nitrogens is 2. The number of ether oxygens (including phenoxy) is 1. The zero-order chi connectivity index (χ0) is 22.2. The van der Waals surface area contributed by atoms with Gasteiger partial charge < -0.3 is 9.26 Å². The van der Waals surface area contributed by atoms with Gasteiger partial charge in [0.05, 0.1) is 13.2 Å². The summed E-state index contributed by atoms with van der Waals surface area (Å²) in [5.74, 6) is 0.894. The van der Waals surface area contributed by atoms with Crippen molar-refractivity contribution >= 4 is 7.82 Å². The van der Waals surface area contributed by atoms with Gasteiger partial charge in [-0.05, 0) is 43.0 Å². The first-order valence-corrected chi connectivity index (χ1v) is 11.6. The molecule has 2 aromatic rings. The second-order valence-corrected chi connectivity index (χ2v) is 9.31. The van der Waals surface area contributed by atoms with Gasteiger partial charge in [-0.3, -0.25) is 23.4 Å². The second kappa shape index (κ2) is 8.59. The number of nitrogens with one attached hydrogen (secondary N) is 1. The first-order chi connectivity index (χ1) is 14.8. The summed E-state index contributed by atoms with van der Waals surface area (Å²) >= 11 is 0. The molecule has 10 heteroatoms. The van der Waals surface area contributed by atoms with Crippen LogP contribution in [0.5, 0.6) is 5.75 Å². The highest BCUT2D eigenvalue weighted by molar-refractivity contribution is 7.49. The van der Waals surface area contributed by atoms with Crippen molar-refractivity contribution in [1.82, 2.24) is 9.55 Å². The highest BCUT2D eigenvalue weighted by atomic mass is 31.2. The number of fused-ring (bicyclic) bond motifs is 1. The van der Waals surface area contributed by atoms with Gasteiger partial charge in [0.2, 0.25) is 0 Å². The molecule has 4 atom stereocenters. The Balaban J connectivity index is 1.38. The van der Waals surface area contributed by atoms with E-state index in [0.29, 0.717) is 17.2 Å². The summed E-state index contributed by atoms with van der Waals surface area (Å²) in [5.41, 5.74) is 1.38. The lowest BCUT2D eigenvalue weighted by atomic mass is 9.97. The molecule has 0 spiro atoms. The maximum absolute atomic E-state index is 12.9. The number of hydrogen-bond donors (Lipinski definition) is 1. The van der Waals surface area contributed by atoms with Crippen LogP contribution < -0.4 is 15.8 Å². The average Bonchev–Trinajstić information content (AvgIpc) is 3.23. The van der Waals surface area contributed by atoms with Gasteiger partial charge in [0.1, 0.15) is 11.9 Å². The van der Waals surface area contributed by atoms with E-state index in [0.717, 1.165) is 12.0 Å². The fourth-order valence-corrected chi connectivity index (χ4v) is 4.61. The number of hydrogen-bond acceptors (Lipinski definition) is 7. The van der Waals surface area contributed by atoms with Crippen LogP contribution in [0, 0.1) is 6.92 Å². The van der Waals surface area contributed by atoms with Crippen LogP contribution in [-0.2, 0) is 25.0 Å². The van der Waals surface area contributed by atoms with Gasteiger partial charge in [-0.2, -0.15) is 0 Å². The molecular formula is C21H25N2O7P. The third-order valence-corrected chi connectivity index (χ3v) is 6.81. The molecular weight excluding hydrogens is 423 g/mol. The Morgan fingerprint density at radius 1 is 1.32 bits per heavy atom. The van der Waals surface area contributed by atoms with Gasteiger partial charge in [0.25, 0.3) is 5.56 Å². The molecule has 4 rings (SSSR count). The van der Waals surface area contributed by atoms with Crippen molar-refractivity contribution in [2.75, 3.05) is 6.61 Å². The molecule has 0 amide bonds. The van der Waals surface area contributed by atoms with Crippen LogP contribution in [0.3, 0.4) is 0 Å². The molecule has 9 nitrogen and oxygen atoms in total. The molecule has 0 bridgehead atoms. The summed E-state index contributed by atoms with van der Waals surface area (Å²) in [6.45, 7) is 5.92. The minimum absolute atomic E-state index is 0.0817. The van der Waals surface area contributed by atoms with Crippen LogP contribution in [0.15, 0.2) is 46.1 Å². The van der Waals surface area contributed by atoms with E-state index < -0.39 is 31.4 Å². The SMILES string of the molecule is CCC(C)c1ccc2c(c1)COP(=O)(OCC1C=CC(n3cc(C)c(=O)[nH]c3=O)O1)O2. The summed E-state index contributed by atoms with van der Waals surface area (Å²) in [6, 6.07) is 5.76. The van der Waals surface area contributed by atoms with Gasteiger partial charge in [-0.15, -0.1) is 0 Å². The van der Waals surface area contributed by atoms with Crippen molar-refractivity contribution in [3.05, 3.63) is 74.1 Å². The van der Waals surface area contributed by atoms with Crippen LogP contribution in [0.2, 0.25) is 0 Å². The Bertz CT molecular complexity index is 1170. The normalized spacial score (nSPS) is 25.8. The van der Waals surface area contributed by atoms with E-state index in [9.17, 15) is 14.2 Å². The average molecular weight is 448 g/mol. The van der Waals surface area contributed by atoms with Crippen molar-refractivity contribution in [2.45, 2.75) is 52.0 Å². The standard InChI is InChI=1S/C21H25N2O7P/c1-4-13(2)15-5-7-18-16(9-15)11-27-31(26,30-18)28-12-17-6-8-19(29-17)23-10-14(3)20(24)22-21(23)25/h5-10,13,17,19H,4,11-12H2,1-3H3,(H,22,24,25). The van der Waals surface area contributed by atoms with Crippen LogP contribution in [-0.4, -0.2) is 22.3 Å². The molecule has 2 aliphatic rings. The second-order valence-electron chi connectivity index (χ2n) is 7.71. The highest BCUT2D eigenvalue weighted by Gasteiger charge is 2.36. The van der Waals surface area contributed by atoms with E-state index in [4.69, 9.17) is 18.3 Å². The van der Waals surface area contributed by atoms with E-state index in [1.807, 2.05) is 12.1 Å². The molecule has 0 fully saturated rings. The largest absolute Gasteiger partial charge is 0.530 e. The molecule has 0 saturated carbocycles. The molecule has 0 saturated heterocycles. The maximum Gasteiger partial charge on any atom is 0.530 e. The zero-order valence-electron chi connectivity index (χ0n) is 17.6. The molecule has 2 aliphatic heterocycles. The third-order valence-electron chi connectivity index (χ3n) is 5.48. The molecule has 0 radical (unpaired) electrons. The fourth-order valence-electron chi connectivity index (χ4n) is 3.38. The molecule has 166 valence electrons. The Labute approximate surface area is 179 Å². The Hall–Kier alpha value is -2.45. The van der Waals surface area contributed by atoms with Crippen molar-refractivity contribution in [2.24, 2.45) is 0 Å². The lowest BCUT2D eigenvalue weighted by Gasteiger charge is -2.26. The molecule has 1 N–H and O–H groups in total. The lowest BCUT2D eigenvalue weighted by molar-refractivity contribution is -0.0130. The summed E-state index contributed by atoms with van der Waals surface area (Å²) in [4.78, 5) is 25.8. The van der Waals surface area contributed by atoms with E-state index in [1.165, 1.54) is 16.3 Å². The van der Waals surface area contributed by atoms with Gasteiger partial charge in [-0.25, -0.2) is 9.36 Å². The number of phosphoric ester groups is 1. The molecule has 1 aromatic carbocycles. The van der Waals surface area contributed by atoms with Crippen LogP contribution in [0.4, 0.5) is 0 Å². The molecule has 31 heavy (non-hydrogen) atoms. The molecule has 1 aromatic heterocycles. The summed E-state index contributed by atoms with van der Waals surface area (Å²) in [6.07, 6.45) is 4.54. The number of phosphoric acid groups is 1. The van der Waals surface area contributed by atoms with E-state index in [2.05, 4.69) is 18.8 Å². The minimum Gasteiger partial charge on any atom is -0.404 e. The van der Waals surface area contributed by atoms with Crippen molar-refractivity contribution < 1.29 is 22.9 Å². The summed E-state index contributed by atoms with van der Waals surface area (Å²) in [7, 11) is -3.79. The number of benzene rings is 1. The van der Waals surface area contributed by atoms with Gasteiger partial charge in [0.15, 0.2) is 6.23 Å². The molecule has 4 unspecified atom stereocenters. The van der Waals surface area contributed by atoms with Crippen molar-refractivity contribution in [3.63, 3.8) is 0 Å². The topological polar surface area (TPSA) is 109 Å². The Kier molecular flexibility index (Phi) is 6.03. The van der Waals surface area contributed by atoms with Crippen LogP contribution in [0.1, 0.15) is 49.1 Å². The number of nitrogens with zero attached hydrogens (tertiary/aromatic N) is 1. The number of aromatic amines is 1. The van der Waals surface area contributed by atoms with Crippen molar-refractivity contribution in [3.8, 4) is 5.75 Å². The van der Waals surface area contributed by atoms with Gasteiger partial charge in [0, 0.05) is 17.3 Å². The van der Waals surface area contributed by atoms with E-state index >= 15 is 0 Å². The van der Waals surface area contributed by atoms with Gasteiger partial charge >= 0.3 is 13.5 Å². The number of rotatable bonds is 6. The quantitative estimate of drug-likeness (QED) is 0.532.